The second-order valence-corrected chi connectivity index (χ2v) is 7.70. The van der Waals surface area contributed by atoms with E-state index >= 15 is 0 Å². The van der Waals surface area contributed by atoms with E-state index in [2.05, 4.69) is 6.92 Å². The molecule has 1 aromatic carbocycles. The van der Waals surface area contributed by atoms with E-state index in [0.717, 1.165) is 60.1 Å². The van der Waals surface area contributed by atoms with E-state index < -0.39 is 5.60 Å². The number of rotatable bonds is 7. The van der Waals surface area contributed by atoms with E-state index in [0.29, 0.717) is 24.3 Å². The van der Waals surface area contributed by atoms with Crippen LogP contribution in [0.5, 0.6) is 11.5 Å². The van der Waals surface area contributed by atoms with Gasteiger partial charge in [-0.3, -0.25) is 10.1 Å². The maximum Gasteiger partial charge on any atom is 0.242 e. The standard InChI is InChI=1S/C21H31NO4/c1-6-7-8-9-17(22(24)25)10-12-21(5)13-11-18-16(4)19(23)14(2)15(3)20(18)26-21/h10,23H,6-9,11-13H2,1-5H3/b17-10-. The Morgan fingerprint density at radius 1 is 1.27 bits per heavy atom. The summed E-state index contributed by atoms with van der Waals surface area (Å²) in [6, 6.07) is 0. The molecule has 1 atom stereocenters. The summed E-state index contributed by atoms with van der Waals surface area (Å²) in [7, 11) is 0. The molecule has 0 saturated carbocycles. The molecule has 2 rings (SSSR count). The maximum absolute atomic E-state index is 11.3. The van der Waals surface area contributed by atoms with Crippen molar-refractivity contribution < 1.29 is 14.8 Å². The van der Waals surface area contributed by atoms with Gasteiger partial charge in [0.05, 0.1) is 4.92 Å². The molecular weight excluding hydrogens is 330 g/mol. The first kappa shape index (κ1) is 20.3. The van der Waals surface area contributed by atoms with Crippen molar-refractivity contribution in [2.45, 2.75) is 85.2 Å². The Hall–Kier alpha value is -2.04. The fourth-order valence-corrected chi connectivity index (χ4v) is 3.60. The van der Waals surface area contributed by atoms with Gasteiger partial charge in [-0.2, -0.15) is 0 Å². The van der Waals surface area contributed by atoms with Crippen molar-refractivity contribution in [3.05, 3.63) is 44.1 Å². The van der Waals surface area contributed by atoms with E-state index in [1.807, 2.05) is 27.7 Å². The average molecular weight is 361 g/mol. The second kappa shape index (κ2) is 8.11. The second-order valence-electron chi connectivity index (χ2n) is 7.70. The molecule has 5 nitrogen and oxygen atoms in total. The quantitative estimate of drug-likeness (QED) is 0.393. The van der Waals surface area contributed by atoms with E-state index in [1.165, 1.54) is 0 Å². The average Bonchev–Trinajstić information content (AvgIpc) is 2.60. The van der Waals surface area contributed by atoms with Crippen LogP contribution in [0.15, 0.2) is 11.8 Å². The number of allylic oxidation sites excluding steroid dienone is 1. The van der Waals surface area contributed by atoms with Crippen molar-refractivity contribution in [3.63, 3.8) is 0 Å². The largest absolute Gasteiger partial charge is 0.507 e. The zero-order chi connectivity index (χ0) is 19.5. The molecule has 0 radical (unpaired) electrons. The summed E-state index contributed by atoms with van der Waals surface area (Å²) in [5, 5.41) is 21.6. The van der Waals surface area contributed by atoms with Crippen LogP contribution in [0.3, 0.4) is 0 Å². The normalized spacial score (nSPS) is 19.8. The highest BCUT2D eigenvalue weighted by molar-refractivity contribution is 5.58. The topological polar surface area (TPSA) is 72.6 Å². The first-order valence-corrected chi connectivity index (χ1v) is 9.54. The van der Waals surface area contributed by atoms with Crippen LogP contribution in [-0.2, 0) is 6.42 Å². The van der Waals surface area contributed by atoms with Crippen LogP contribution in [0.1, 0.15) is 74.6 Å². The summed E-state index contributed by atoms with van der Waals surface area (Å²) < 4.78 is 6.34. The van der Waals surface area contributed by atoms with Crippen LogP contribution >= 0.6 is 0 Å². The molecule has 0 fully saturated rings. The number of nitro groups is 1. The highest BCUT2D eigenvalue weighted by atomic mass is 16.6. The van der Waals surface area contributed by atoms with Gasteiger partial charge in [0, 0.05) is 18.4 Å². The number of hydrogen-bond acceptors (Lipinski definition) is 4. The van der Waals surface area contributed by atoms with Crippen LogP contribution in [0.2, 0.25) is 0 Å². The van der Waals surface area contributed by atoms with Gasteiger partial charge >= 0.3 is 0 Å². The molecule has 1 aromatic rings. The molecule has 0 amide bonds. The Labute approximate surface area is 156 Å². The highest BCUT2D eigenvalue weighted by Crippen LogP contribution is 2.44. The van der Waals surface area contributed by atoms with Gasteiger partial charge in [0.2, 0.25) is 5.70 Å². The molecule has 26 heavy (non-hydrogen) atoms. The van der Waals surface area contributed by atoms with Crippen LogP contribution in [0.4, 0.5) is 0 Å². The fraction of sp³-hybridized carbons (Fsp3) is 0.619. The molecule has 144 valence electrons. The Kier molecular flexibility index (Phi) is 6.32. The molecule has 1 heterocycles. The number of phenolic OH excluding ortho intramolecular Hbond substituents is 1. The van der Waals surface area contributed by atoms with Gasteiger partial charge in [0.1, 0.15) is 17.1 Å². The Bertz CT molecular complexity index is 723. The molecular formula is C21H31NO4. The third kappa shape index (κ3) is 4.19. The van der Waals surface area contributed by atoms with Crippen LogP contribution in [-0.4, -0.2) is 15.6 Å². The van der Waals surface area contributed by atoms with Gasteiger partial charge in [-0.05, 0) is 69.7 Å². The van der Waals surface area contributed by atoms with Crippen LogP contribution in [0.25, 0.3) is 0 Å². The highest BCUT2D eigenvalue weighted by Gasteiger charge is 2.34. The number of nitrogens with zero attached hydrogens (tertiary/aromatic N) is 1. The number of ether oxygens (including phenoxy) is 1. The number of phenols is 1. The molecule has 5 heteroatoms. The first-order chi connectivity index (χ1) is 12.2. The van der Waals surface area contributed by atoms with Gasteiger partial charge in [-0.1, -0.05) is 19.8 Å². The molecule has 0 spiro atoms. The van der Waals surface area contributed by atoms with Crippen molar-refractivity contribution in [2.75, 3.05) is 0 Å². The number of unbranched alkanes of at least 4 members (excludes halogenated alkanes) is 2. The van der Waals surface area contributed by atoms with Crippen molar-refractivity contribution in [3.8, 4) is 11.5 Å². The molecule has 0 bridgehead atoms. The van der Waals surface area contributed by atoms with E-state index in [1.54, 1.807) is 6.08 Å². The number of benzene rings is 1. The molecule has 1 unspecified atom stereocenters. The molecule has 1 N–H and O–H groups in total. The summed E-state index contributed by atoms with van der Waals surface area (Å²) in [5.74, 6) is 1.19. The fourth-order valence-electron chi connectivity index (χ4n) is 3.60. The minimum Gasteiger partial charge on any atom is -0.507 e. The molecule has 1 aliphatic heterocycles. The van der Waals surface area contributed by atoms with Gasteiger partial charge < -0.3 is 9.84 Å². The summed E-state index contributed by atoms with van der Waals surface area (Å²) in [5.41, 5.74) is 3.57. The molecule has 0 saturated heterocycles. The lowest BCUT2D eigenvalue weighted by Gasteiger charge is -2.37. The lowest BCUT2D eigenvalue weighted by molar-refractivity contribution is -0.428. The van der Waals surface area contributed by atoms with E-state index in [4.69, 9.17) is 4.74 Å². The van der Waals surface area contributed by atoms with E-state index in [9.17, 15) is 15.2 Å². The Morgan fingerprint density at radius 3 is 2.58 bits per heavy atom. The van der Waals surface area contributed by atoms with Gasteiger partial charge in [0.25, 0.3) is 0 Å². The van der Waals surface area contributed by atoms with Crippen molar-refractivity contribution in [1.29, 1.82) is 0 Å². The number of aromatic hydroxyl groups is 1. The lowest BCUT2D eigenvalue weighted by atomic mass is 9.85. The SMILES string of the molecule is CCCCC/C(=C/CC1(C)CCc2c(C)c(O)c(C)c(C)c2O1)[N+](=O)[O-]. The van der Waals surface area contributed by atoms with Gasteiger partial charge in [0.15, 0.2) is 0 Å². The summed E-state index contributed by atoms with van der Waals surface area (Å²) in [4.78, 5) is 11.1. The third-order valence-corrected chi connectivity index (χ3v) is 5.63. The summed E-state index contributed by atoms with van der Waals surface area (Å²) in [6.45, 7) is 9.89. The Morgan fingerprint density at radius 2 is 1.96 bits per heavy atom. The number of hydrogen-bond donors (Lipinski definition) is 1. The predicted molar refractivity (Wildman–Crippen MR) is 104 cm³/mol. The zero-order valence-electron chi connectivity index (χ0n) is 16.6. The minimum absolute atomic E-state index is 0.257. The molecule has 0 aromatic heterocycles. The number of fused-ring (bicyclic) bond motifs is 1. The smallest absolute Gasteiger partial charge is 0.242 e. The molecule has 1 aliphatic rings. The minimum atomic E-state index is -0.459. The predicted octanol–water partition coefficient (Wildman–Crippen LogP) is 5.53. The van der Waals surface area contributed by atoms with Gasteiger partial charge in [-0.25, -0.2) is 0 Å². The monoisotopic (exact) mass is 361 g/mol. The molecule has 0 aliphatic carbocycles. The van der Waals surface area contributed by atoms with Crippen LogP contribution < -0.4 is 4.74 Å². The maximum atomic E-state index is 11.3. The summed E-state index contributed by atoms with van der Waals surface area (Å²) in [6.07, 6.45) is 7.27. The van der Waals surface area contributed by atoms with Crippen molar-refractivity contribution in [1.82, 2.24) is 0 Å². The van der Waals surface area contributed by atoms with Gasteiger partial charge in [-0.15, -0.1) is 0 Å². The first-order valence-electron chi connectivity index (χ1n) is 9.54. The summed E-state index contributed by atoms with van der Waals surface area (Å²) >= 11 is 0. The zero-order valence-corrected chi connectivity index (χ0v) is 16.6. The van der Waals surface area contributed by atoms with Crippen molar-refractivity contribution >= 4 is 0 Å². The van der Waals surface area contributed by atoms with Crippen molar-refractivity contribution in [2.24, 2.45) is 0 Å². The Balaban J connectivity index is 2.22. The van der Waals surface area contributed by atoms with Crippen LogP contribution in [0, 0.1) is 30.9 Å². The third-order valence-electron chi connectivity index (χ3n) is 5.63. The lowest BCUT2D eigenvalue weighted by Crippen LogP contribution is -2.36. The van der Waals surface area contributed by atoms with E-state index in [-0.39, 0.29) is 4.92 Å².